The van der Waals surface area contributed by atoms with Crippen molar-refractivity contribution >= 4 is 6.09 Å². The van der Waals surface area contributed by atoms with Gasteiger partial charge in [-0.05, 0) is 39.3 Å². The number of carbonyl (C=O) groups excluding carboxylic acids is 1. The van der Waals surface area contributed by atoms with Crippen molar-refractivity contribution in [1.29, 1.82) is 0 Å². The first-order valence-electron chi connectivity index (χ1n) is 7.19. The van der Waals surface area contributed by atoms with Gasteiger partial charge in [0.05, 0.1) is 11.9 Å². The maximum Gasteiger partial charge on any atom is 0.410 e. The lowest BCUT2D eigenvalue weighted by molar-refractivity contribution is 0.0291. The van der Waals surface area contributed by atoms with Gasteiger partial charge in [0.2, 0.25) is 0 Å². The highest BCUT2D eigenvalue weighted by Crippen LogP contribution is 2.15. The number of aromatic nitrogens is 1. The van der Waals surface area contributed by atoms with Gasteiger partial charge in [0.15, 0.2) is 0 Å². The van der Waals surface area contributed by atoms with Crippen molar-refractivity contribution < 1.29 is 14.6 Å². The van der Waals surface area contributed by atoms with Crippen molar-refractivity contribution in [1.82, 2.24) is 15.2 Å². The van der Waals surface area contributed by atoms with Crippen LogP contribution >= 0.6 is 0 Å². The first kappa shape index (κ1) is 15.6. The number of hydrogen-bond acceptors (Lipinski definition) is 5. The molecule has 1 unspecified atom stereocenters. The van der Waals surface area contributed by atoms with E-state index in [9.17, 15) is 9.90 Å². The number of ether oxygens (including phenoxy) is 1. The summed E-state index contributed by atoms with van der Waals surface area (Å²) in [6.45, 7) is 7.57. The fraction of sp³-hybridized carbons (Fsp3) is 0.600. The lowest BCUT2D eigenvalue weighted by atomic mass is 10.2. The van der Waals surface area contributed by atoms with Crippen LogP contribution in [0.3, 0.4) is 0 Å². The van der Waals surface area contributed by atoms with Crippen LogP contribution in [0.15, 0.2) is 18.3 Å². The standard InChI is InChI=1S/C15H23N3O3/c1-15(2,3)21-14(20)18-7-6-12(10-18)16-8-11-4-5-13(19)9-17-11/h4-5,9,12,16,19H,6-8,10H2,1-3H3. The van der Waals surface area contributed by atoms with Crippen molar-refractivity contribution in [2.75, 3.05) is 13.1 Å². The van der Waals surface area contributed by atoms with E-state index in [-0.39, 0.29) is 17.9 Å². The van der Waals surface area contributed by atoms with E-state index in [1.165, 1.54) is 6.20 Å². The summed E-state index contributed by atoms with van der Waals surface area (Å²) in [5.74, 6) is 0.163. The molecule has 0 radical (unpaired) electrons. The summed E-state index contributed by atoms with van der Waals surface area (Å²) in [7, 11) is 0. The number of nitrogens with zero attached hydrogens (tertiary/aromatic N) is 2. The molecule has 2 heterocycles. The van der Waals surface area contributed by atoms with E-state index in [4.69, 9.17) is 4.74 Å². The van der Waals surface area contributed by atoms with Crippen molar-refractivity contribution in [3.05, 3.63) is 24.0 Å². The molecule has 1 amide bonds. The third-order valence-electron chi connectivity index (χ3n) is 3.22. The zero-order chi connectivity index (χ0) is 15.5. The van der Waals surface area contributed by atoms with E-state index in [0.29, 0.717) is 19.6 Å². The third-order valence-corrected chi connectivity index (χ3v) is 3.22. The summed E-state index contributed by atoms with van der Waals surface area (Å²) in [6, 6.07) is 3.64. The molecule has 1 aromatic heterocycles. The highest BCUT2D eigenvalue weighted by atomic mass is 16.6. The van der Waals surface area contributed by atoms with E-state index in [0.717, 1.165) is 12.1 Å². The highest BCUT2D eigenvalue weighted by Gasteiger charge is 2.29. The second kappa shape index (κ2) is 6.30. The van der Waals surface area contributed by atoms with Crippen LogP contribution in [0, 0.1) is 0 Å². The molecule has 116 valence electrons. The molecule has 1 aliphatic heterocycles. The predicted octanol–water partition coefficient (Wildman–Crippen LogP) is 1.89. The quantitative estimate of drug-likeness (QED) is 0.890. The zero-order valence-electron chi connectivity index (χ0n) is 12.8. The molecule has 0 bridgehead atoms. The maximum atomic E-state index is 12.0. The van der Waals surface area contributed by atoms with Crippen LogP contribution in [0.1, 0.15) is 32.9 Å². The van der Waals surface area contributed by atoms with Crippen LogP contribution in [-0.2, 0) is 11.3 Å². The Balaban J connectivity index is 1.77. The van der Waals surface area contributed by atoms with E-state index >= 15 is 0 Å². The highest BCUT2D eigenvalue weighted by molar-refractivity contribution is 5.68. The molecule has 1 aliphatic rings. The molecule has 1 aromatic rings. The zero-order valence-corrected chi connectivity index (χ0v) is 12.8. The van der Waals surface area contributed by atoms with Gasteiger partial charge >= 0.3 is 6.09 Å². The van der Waals surface area contributed by atoms with Crippen LogP contribution < -0.4 is 5.32 Å². The number of nitrogens with one attached hydrogen (secondary N) is 1. The first-order chi connectivity index (χ1) is 9.83. The van der Waals surface area contributed by atoms with Crippen LogP contribution in [-0.4, -0.2) is 45.8 Å². The van der Waals surface area contributed by atoms with Crippen molar-refractivity contribution in [2.45, 2.75) is 45.4 Å². The second-order valence-electron chi connectivity index (χ2n) is 6.30. The van der Waals surface area contributed by atoms with Crippen LogP contribution in [0.2, 0.25) is 0 Å². The van der Waals surface area contributed by atoms with Gasteiger partial charge in [-0.1, -0.05) is 0 Å². The molecule has 0 aliphatic carbocycles. The summed E-state index contributed by atoms with van der Waals surface area (Å²) in [5.41, 5.74) is 0.405. The summed E-state index contributed by atoms with van der Waals surface area (Å²) in [5, 5.41) is 12.6. The van der Waals surface area contributed by atoms with Crippen LogP contribution in [0.4, 0.5) is 4.79 Å². The Bertz CT molecular complexity index is 482. The number of hydrogen-bond donors (Lipinski definition) is 2. The van der Waals surface area contributed by atoms with Gasteiger partial charge in [-0.3, -0.25) is 4.98 Å². The summed E-state index contributed by atoms with van der Waals surface area (Å²) in [6.07, 6.45) is 2.07. The van der Waals surface area contributed by atoms with Gasteiger partial charge in [-0.15, -0.1) is 0 Å². The smallest absolute Gasteiger partial charge is 0.410 e. The molecular formula is C15H23N3O3. The van der Waals surface area contributed by atoms with Crippen molar-refractivity contribution in [3.8, 4) is 5.75 Å². The minimum Gasteiger partial charge on any atom is -0.506 e. The van der Waals surface area contributed by atoms with Gasteiger partial charge in [0, 0.05) is 25.7 Å². The van der Waals surface area contributed by atoms with E-state index in [2.05, 4.69) is 10.3 Å². The monoisotopic (exact) mass is 293 g/mol. The second-order valence-corrected chi connectivity index (χ2v) is 6.30. The number of amides is 1. The normalized spacial score (nSPS) is 18.8. The molecule has 0 aromatic carbocycles. The molecule has 0 spiro atoms. The molecule has 2 rings (SSSR count). The predicted molar refractivity (Wildman–Crippen MR) is 79.0 cm³/mol. The topological polar surface area (TPSA) is 74.7 Å². The largest absolute Gasteiger partial charge is 0.506 e. The number of likely N-dealkylation sites (tertiary alicyclic amines) is 1. The fourth-order valence-corrected chi connectivity index (χ4v) is 2.19. The third kappa shape index (κ3) is 4.90. The number of rotatable bonds is 3. The van der Waals surface area contributed by atoms with Crippen LogP contribution in [0.5, 0.6) is 5.75 Å². The Hall–Kier alpha value is -1.82. The van der Waals surface area contributed by atoms with Crippen LogP contribution in [0.25, 0.3) is 0 Å². The van der Waals surface area contributed by atoms with Crippen molar-refractivity contribution in [3.63, 3.8) is 0 Å². The van der Waals surface area contributed by atoms with Gasteiger partial charge < -0.3 is 20.1 Å². The maximum absolute atomic E-state index is 12.0. The lowest BCUT2D eigenvalue weighted by Gasteiger charge is -2.24. The molecule has 6 nitrogen and oxygen atoms in total. The minimum atomic E-state index is -0.460. The molecule has 1 atom stereocenters. The summed E-state index contributed by atoms with van der Waals surface area (Å²) < 4.78 is 5.36. The Morgan fingerprint density at radius 3 is 2.90 bits per heavy atom. The number of aromatic hydroxyl groups is 1. The Morgan fingerprint density at radius 1 is 1.52 bits per heavy atom. The lowest BCUT2D eigenvalue weighted by Crippen LogP contribution is -2.38. The Morgan fingerprint density at radius 2 is 2.29 bits per heavy atom. The number of pyridine rings is 1. The average Bonchev–Trinajstić information content (AvgIpc) is 2.85. The van der Waals surface area contributed by atoms with E-state index in [1.54, 1.807) is 17.0 Å². The minimum absolute atomic E-state index is 0.163. The van der Waals surface area contributed by atoms with Crippen molar-refractivity contribution in [2.24, 2.45) is 0 Å². The Labute approximate surface area is 125 Å². The van der Waals surface area contributed by atoms with E-state index in [1.807, 2.05) is 20.8 Å². The van der Waals surface area contributed by atoms with Gasteiger partial charge in [-0.2, -0.15) is 0 Å². The van der Waals surface area contributed by atoms with Gasteiger partial charge in [0.25, 0.3) is 0 Å². The molecule has 1 saturated heterocycles. The molecule has 6 heteroatoms. The molecule has 21 heavy (non-hydrogen) atoms. The fourth-order valence-electron chi connectivity index (χ4n) is 2.19. The molecule has 2 N–H and O–H groups in total. The molecule has 0 saturated carbocycles. The molecule has 1 fully saturated rings. The SMILES string of the molecule is CC(C)(C)OC(=O)N1CCC(NCc2ccc(O)cn2)C1. The van der Waals surface area contributed by atoms with Gasteiger partial charge in [-0.25, -0.2) is 4.79 Å². The summed E-state index contributed by atoms with van der Waals surface area (Å²) in [4.78, 5) is 17.8. The number of carbonyl (C=O) groups is 1. The Kier molecular flexibility index (Phi) is 4.67. The van der Waals surface area contributed by atoms with Gasteiger partial charge in [0.1, 0.15) is 11.4 Å². The van der Waals surface area contributed by atoms with E-state index < -0.39 is 5.60 Å². The first-order valence-corrected chi connectivity index (χ1v) is 7.19. The summed E-state index contributed by atoms with van der Waals surface area (Å²) >= 11 is 0. The average molecular weight is 293 g/mol. The molecular weight excluding hydrogens is 270 g/mol.